The minimum absolute atomic E-state index is 0.00714. The number of nitrogens with zero attached hydrogens (tertiary/aromatic N) is 2. The zero-order chi connectivity index (χ0) is 23.8. The molecule has 0 bridgehead atoms. The van der Waals surface area contributed by atoms with Crippen molar-refractivity contribution in [1.29, 1.82) is 0 Å². The van der Waals surface area contributed by atoms with Crippen LogP contribution in [0, 0.1) is 0 Å². The molecule has 0 saturated heterocycles. The maximum atomic E-state index is 13.0. The number of halogens is 1. The Hall–Kier alpha value is -2.56. The molecule has 0 aliphatic rings. The van der Waals surface area contributed by atoms with E-state index in [4.69, 9.17) is 16.3 Å². The first kappa shape index (κ1) is 24.1. The average molecular weight is 498 g/mol. The largest absolute Gasteiger partial charge is 0.495 e. The molecule has 2 aromatic carbocycles. The molecule has 3 aromatic rings. The Balaban J connectivity index is 1.95. The summed E-state index contributed by atoms with van der Waals surface area (Å²) in [6, 6.07) is 8.60. The van der Waals surface area contributed by atoms with Gasteiger partial charge in [0, 0.05) is 16.8 Å². The maximum Gasteiger partial charge on any atom is 0.308 e. The average Bonchev–Trinajstić information content (AvgIpc) is 3.02. The van der Waals surface area contributed by atoms with Gasteiger partial charge in [-0.3, -0.25) is 18.5 Å². The number of carbonyl (C=O) groups excluding carboxylic acids is 1. The van der Waals surface area contributed by atoms with Crippen LogP contribution in [0.3, 0.4) is 0 Å². The fourth-order valence-electron chi connectivity index (χ4n) is 3.47. The Morgan fingerprint density at radius 3 is 2.47 bits per heavy atom. The molecular weight excluding hydrogens is 474 g/mol. The fraction of sp³-hybridized carbons (Fsp3) is 0.333. The lowest BCUT2D eigenvalue weighted by molar-refractivity contribution is -0.116. The highest BCUT2D eigenvalue weighted by atomic mass is 35.5. The topological polar surface area (TPSA) is 97.7 Å². The number of fused-ring (bicyclic) bond motifs is 1. The van der Waals surface area contributed by atoms with Gasteiger partial charge in [-0.1, -0.05) is 22.9 Å². The van der Waals surface area contributed by atoms with E-state index in [0.29, 0.717) is 10.7 Å². The van der Waals surface area contributed by atoms with E-state index in [-0.39, 0.29) is 22.4 Å². The van der Waals surface area contributed by atoms with E-state index >= 15 is 0 Å². The van der Waals surface area contributed by atoms with Gasteiger partial charge in [0.25, 0.3) is 0 Å². The number of amides is 1. The summed E-state index contributed by atoms with van der Waals surface area (Å²) in [6.07, 6.45) is 1.01. The molecule has 11 heteroatoms. The molecule has 1 N–H and O–H groups in total. The molecule has 0 saturated carbocycles. The lowest BCUT2D eigenvalue weighted by Gasteiger charge is -2.29. The molecule has 0 aliphatic carbocycles. The number of sulfonamides is 1. The fourth-order valence-corrected chi connectivity index (χ4v) is 5.86. The summed E-state index contributed by atoms with van der Waals surface area (Å²) in [5, 5.41) is 3.05. The van der Waals surface area contributed by atoms with Gasteiger partial charge in [0.1, 0.15) is 11.8 Å². The number of nitrogens with one attached hydrogen (secondary N) is 1. The number of anilines is 2. The predicted octanol–water partition coefficient (Wildman–Crippen LogP) is 4.10. The van der Waals surface area contributed by atoms with Gasteiger partial charge in [-0.25, -0.2) is 8.42 Å². The highest BCUT2D eigenvalue weighted by molar-refractivity contribution is 7.92. The molecule has 32 heavy (non-hydrogen) atoms. The van der Waals surface area contributed by atoms with Crippen LogP contribution in [0.25, 0.3) is 10.2 Å². The molecule has 0 fully saturated rings. The molecule has 0 radical (unpaired) electrons. The predicted molar refractivity (Wildman–Crippen MR) is 130 cm³/mol. The summed E-state index contributed by atoms with van der Waals surface area (Å²) in [5.74, 6) is -0.284. The Bertz CT molecular complexity index is 1330. The SMILES string of the molecule is COc1ccc(Cl)cc1N([C@@H](C)C(=O)Nc1ccc2c(c1)sc(=O)n2C(C)C)S(C)(=O)=O. The number of benzene rings is 2. The van der Waals surface area contributed by atoms with Crippen LogP contribution < -0.4 is 19.2 Å². The molecular formula is C21H24ClN3O5S2. The van der Waals surface area contributed by atoms with Gasteiger partial charge in [0.15, 0.2) is 0 Å². The molecule has 8 nitrogen and oxygen atoms in total. The first-order valence-electron chi connectivity index (χ1n) is 9.73. The van der Waals surface area contributed by atoms with Crippen LogP contribution in [0.5, 0.6) is 5.75 Å². The van der Waals surface area contributed by atoms with Gasteiger partial charge in [-0.05, 0) is 57.2 Å². The molecule has 0 unspecified atom stereocenters. The van der Waals surface area contributed by atoms with E-state index in [1.165, 1.54) is 26.2 Å². The smallest absolute Gasteiger partial charge is 0.308 e. The first-order valence-corrected chi connectivity index (χ1v) is 12.8. The number of hydrogen-bond acceptors (Lipinski definition) is 6. The molecule has 1 aromatic heterocycles. The van der Waals surface area contributed by atoms with Crippen molar-refractivity contribution >= 4 is 60.5 Å². The van der Waals surface area contributed by atoms with Crippen molar-refractivity contribution in [1.82, 2.24) is 4.57 Å². The molecule has 3 rings (SSSR count). The van der Waals surface area contributed by atoms with Gasteiger partial charge in [-0.2, -0.15) is 0 Å². The number of methoxy groups -OCH3 is 1. The van der Waals surface area contributed by atoms with Crippen LogP contribution in [0.4, 0.5) is 11.4 Å². The highest BCUT2D eigenvalue weighted by Gasteiger charge is 2.31. The Morgan fingerprint density at radius 1 is 1.19 bits per heavy atom. The van der Waals surface area contributed by atoms with Gasteiger partial charge in [-0.15, -0.1) is 0 Å². The summed E-state index contributed by atoms with van der Waals surface area (Å²) < 4.78 is 33.9. The number of rotatable bonds is 7. The van der Waals surface area contributed by atoms with Crippen molar-refractivity contribution in [2.75, 3.05) is 23.0 Å². The van der Waals surface area contributed by atoms with Crippen molar-refractivity contribution in [2.45, 2.75) is 32.9 Å². The minimum Gasteiger partial charge on any atom is -0.495 e. The summed E-state index contributed by atoms with van der Waals surface area (Å²) >= 11 is 7.16. The maximum absolute atomic E-state index is 13.0. The number of carbonyl (C=O) groups is 1. The second-order valence-corrected chi connectivity index (χ2v) is 10.8. The lowest BCUT2D eigenvalue weighted by atomic mass is 10.2. The Kier molecular flexibility index (Phi) is 6.87. The third kappa shape index (κ3) is 4.77. The van der Waals surface area contributed by atoms with Gasteiger partial charge >= 0.3 is 4.87 Å². The highest BCUT2D eigenvalue weighted by Crippen LogP contribution is 2.34. The molecule has 1 atom stereocenters. The summed E-state index contributed by atoms with van der Waals surface area (Å²) in [5.41, 5.74) is 1.40. The van der Waals surface area contributed by atoms with Crippen LogP contribution in [0.15, 0.2) is 41.2 Å². The second kappa shape index (κ2) is 9.13. The van der Waals surface area contributed by atoms with E-state index in [1.54, 1.807) is 28.8 Å². The van der Waals surface area contributed by atoms with E-state index in [0.717, 1.165) is 32.1 Å². The zero-order valence-corrected chi connectivity index (χ0v) is 20.6. The van der Waals surface area contributed by atoms with Crippen LogP contribution >= 0.6 is 22.9 Å². The molecule has 1 amide bonds. The van der Waals surface area contributed by atoms with Crippen molar-refractivity contribution in [3.63, 3.8) is 0 Å². The monoisotopic (exact) mass is 497 g/mol. The third-order valence-electron chi connectivity index (χ3n) is 4.86. The number of ether oxygens (including phenoxy) is 1. The third-order valence-corrected chi connectivity index (χ3v) is 7.24. The number of hydrogen-bond donors (Lipinski definition) is 1. The molecule has 172 valence electrons. The van der Waals surface area contributed by atoms with E-state index < -0.39 is 22.0 Å². The lowest BCUT2D eigenvalue weighted by Crippen LogP contribution is -2.45. The van der Waals surface area contributed by atoms with Crippen molar-refractivity contribution in [3.05, 3.63) is 51.1 Å². The summed E-state index contributed by atoms with van der Waals surface area (Å²) in [4.78, 5) is 25.2. The Labute approximate surface area is 195 Å². The summed E-state index contributed by atoms with van der Waals surface area (Å²) in [7, 11) is -2.45. The van der Waals surface area contributed by atoms with E-state index in [9.17, 15) is 18.0 Å². The molecule has 0 spiro atoms. The Morgan fingerprint density at radius 2 is 1.88 bits per heavy atom. The number of aromatic nitrogens is 1. The quantitative estimate of drug-likeness (QED) is 0.530. The van der Waals surface area contributed by atoms with Gasteiger partial charge < -0.3 is 10.1 Å². The normalized spacial score (nSPS) is 12.7. The minimum atomic E-state index is -3.86. The van der Waals surface area contributed by atoms with Crippen LogP contribution in [0.2, 0.25) is 5.02 Å². The summed E-state index contributed by atoms with van der Waals surface area (Å²) in [6.45, 7) is 5.33. The van der Waals surface area contributed by atoms with Crippen LogP contribution in [0.1, 0.15) is 26.8 Å². The molecule has 1 heterocycles. The number of thiazole rings is 1. The van der Waals surface area contributed by atoms with E-state index in [1.807, 2.05) is 13.8 Å². The van der Waals surface area contributed by atoms with Crippen molar-refractivity contribution < 1.29 is 17.9 Å². The molecule has 0 aliphatic heterocycles. The van der Waals surface area contributed by atoms with Gasteiger partial charge in [0.2, 0.25) is 15.9 Å². The van der Waals surface area contributed by atoms with Crippen molar-refractivity contribution in [2.24, 2.45) is 0 Å². The van der Waals surface area contributed by atoms with E-state index in [2.05, 4.69) is 5.32 Å². The second-order valence-electron chi connectivity index (χ2n) is 7.55. The standard InChI is InChI=1S/C21H24ClN3O5S2/c1-12(2)24-16-8-7-15(11-19(16)31-21(24)27)23-20(26)13(3)25(32(5,28)29)17-10-14(22)6-9-18(17)30-4/h6-13H,1-5H3,(H,23,26)/t13-/m0/s1. The van der Waals surface area contributed by atoms with Crippen LogP contribution in [-0.2, 0) is 14.8 Å². The van der Waals surface area contributed by atoms with Crippen LogP contribution in [-0.4, -0.2) is 38.3 Å². The van der Waals surface area contributed by atoms with Crippen molar-refractivity contribution in [3.8, 4) is 5.75 Å². The van der Waals surface area contributed by atoms with Gasteiger partial charge in [0.05, 0.1) is 29.3 Å². The zero-order valence-electron chi connectivity index (χ0n) is 18.2. The first-order chi connectivity index (χ1) is 14.9.